The van der Waals surface area contributed by atoms with Crippen LogP contribution in [0.25, 0.3) is 33.6 Å². The van der Waals surface area contributed by atoms with E-state index in [2.05, 4.69) is 111 Å². The first-order chi connectivity index (χ1) is 12.7. The predicted octanol–water partition coefficient (Wildman–Crippen LogP) is 6.69. The summed E-state index contributed by atoms with van der Waals surface area (Å²) in [7, 11) is 0. The van der Waals surface area contributed by atoms with E-state index in [-0.39, 0.29) is 0 Å². The fourth-order valence-electron chi connectivity index (χ4n) is 2.83. The van der Waals surface area contributed by atoms with E-state index < -0.39 is 0 Å². The maximum atomic E-state index is 5.01. The molecule has 2 nitrogen and oxygen atoms in total. The normalized spacial score (nSPS) is 10.7. The molecule has 0 aliphatic rings. The van der Waals surface area contributed by atoms with Crippen LogP contribution < -0.4 is 0 Å². The van der Waals surface area contributed by atoms with Gasteiger partial charge in [-0.05, 0) is 93.2 Å². The van der Waals surface area contributed by atoms with Gasteiger partial charge in [-0.25, -0.2) is 4.98 Å². The lowest BCUT2D eigenvalue weighted by Crippen LogP contribution is -1.93. The topological polar surface area (TPSA) is 25.8 Å². The molecule has 4 rings (SSSR count). The van der Waals surface area contributed by atoms with Gasteiger partial charge in [0.25, 0.3) is 0 Å². The van der Waals surface area contributed by atoms with Gasteiger partial charge in [0.15, 0.2) is 0 Å². The number of halogens is 2. The molecular weight excluding hydrogens is 546 g/mol. The summed E-state index contributed by atoms with van der Waals surface area (Å²) in [6.07, 6.45) is 3.60. The Kier molecular flexibility index (Phi) is 5.31. The molecule has 126 valence electrons. The van der Waals surface area contributed by atoms with Gasteiger partial charge in [0, 0.05) is 36.2 Å². The van der Waals surface area contributed by atoms with E-state index in [0.717, 1.165) is 28.1 Å². The molecule has 4 heteroatoms. The molecule has 0 radical (unpaired) electrons. The molecule has 2 aromatic heterocycles. The SMILES string of the molecule is Ic1ccc(-c2ccc(-c3ccncc3)nc2-c2ccc(I)cc2)cc1. The van der Waals surface area contributed by atoms with Gasteiger partial charge in [-0.3, -0.25) is 4.98 Å². The fourth-order valence-corrected chi connectivity index (χ4v) is 3.55. The largest absolute Gasteiger partial charge is 0.265 e. The highest BCUT2D eigenvalue weighted by Gasteiger charge is 2.11. The van der Waals surface area contributed by atoms with Gasteiger partial charge in [0.1, 0.15) is 0 Å². The number of pyridine rings is 2. The molecule has 0 saturated carbocycles. The third-order valence-electron chi connectivity index (χ3n) is 4.14. The van der Waals surface area contributed by atoms with Crippen LogP contribution in [0.2, 0.25) is 0 Å². The molecule has 0 unspecified atom stereocenters. The van der Waals surface area contributed by atoms with E-state index in [4.69, 9.17) is 4.98 Å². The highest BCUT2D eigenvalue weighted by molar-refractivity contribution is 14.1. The van der Waals surface area contributed by atoms with Crippen molar-refractivity contribution in [2.75, 3.05) is 0 Å². The van der Waals surface area contributed by atoms with Crippen molar-refractivity contribution in [3.8, 4) is 33.6 Å². The van der Waals surface area contributed by atoms with Gasteiger partial charge in [-0.15, -0.1) is 0 Å². The molecule has 0 atom stereocenters. The van der Waals surface area contributed by atoms with Crippen LogP contribution in [0.5, 0.6) is 0 Å². The number of nitrogens with zero attached hydrogens (tertiary/aromatic N) is 2. The van der Waals surface area contributed by atoms with Crippen molar-refractivity contribution in [3.63, 3.8) is 0 Å². The van der Waals surface area contributed by atoms with Crippen molar-refractivity contribution < 1.29 is 0 Å². The maximum absolute atomic E-state index is 5.01. The zero-order valence-electron chi connectivity index (χ0n) is 13.7. The number of benzene rings is 2. The Morgan fingerprint density at radius 1 is 0.538 bits per heavy atom. The molecule has 0 saturated heterocycles. The van der Waals surface area contributed by atoms with E-state index in [1.54, 1.807) is 12.4 Å². The second-order valence-electron chi connectivity index (χ2n) is 5.84. The van der Waals surface area contributed by atoms with E-state index >= 15 is 0 Å². The highest BCUT2D eigenvalue weighted by Crippen LogP contribution is 2.33. The molecule has 0 aliphatic carbocycles. The van der Waals surface area contributed by atoms with Gasteiger partial charge in [-0.2, -0.15) is 0 Å². The molecule has 26 heavy (non-hydrogen) atoms. The number of aromatic nitrogens is 2. The lowest BCUT2D eigenvalue weighted by atomic mass is 9.98. The minimum atomic E-state index is 0.954. The second kappa shape index (κ2) is 7.84. The van der Waals surface area contributed by atoms with Crippen molar-refractivity contribution in [3.05, 3.63) is 92.3 Å². The molecule has 4 aromatic rings. The highest BCUT2D eigenvalue weighted by atomic mass is 127. The Bertz CT molecular complexity index is 1030. The van der Waals surface area contributed by atoms with E-state index in [1.165, 1.54) is 12.7 Å². The fraction of sp³-hybridized carbons (Fsp3) is 0. The minimum Gasteiger partial charge on any atom is -0.265 e. The molecule has 0 amide bonds. The smallest absolute Gasteiger partial charge is 0.0787 e. The average Bonchev–Trinajstić information content (AvgIpc) is 2.70. The Balaban J connectivity index is 1.90. The molecule has 0 N–H and O–H groups in total. The summed E-state index contributed by atoms with van der Waals surface area (Å²) in [5.41, 5.74) is 6.45. The quantitative estimate of drug-likeness (QED) is 0.261. The maximum Gasteiger partial charge on any atom is 0.0787 e. The number of hydrogen-bond acceptors (Lipinski definition) is 2. The molecule has 2 aromatic carbocycles. The van der Waals surface area contributed by atoms with Crippen molar-refractivity contribution >= 4 is 45.2 Å². The van der Waals surface area contributed by atoms with Gasteiger partial charge < -0.3 is 0 Å². The lowest BCUT2D eigenvalue weighted by molar-refractivity contribution is 1.29. The van der Waals surface area contributed by atoms with Gasteiger partial charge in [0.05, 0.1) is 11.4 Å². The van der Waals surface area contributed by atoms with Crippen LogP contribution in [0, 0.1) is 7.14 Å². The van der Waals surface area contributed by atoms with E-state index in [0.29, 0.717) is 0 Å². The summed E-state index contributed by atoms with van der Waals surface area (Å²) in [5.74, 6) is 0. The first-order valence-corrected chi connectivity index (χ1v) is 10.3. The Morgan fingerprint density at radius 3 is 1.73 bits per heavy atom. The summed E-state index contributed by atoms with van der Waals surface area (Å²) in [4.78, 5) is 9.11. The third-order valence-corrected chi connectivity index (χ3v) is 5.58. The molecular formula is C22H14I2N2. The standard InChI is InChI=1S/C22H14I2N2/c23-18-5-1-15(2-6-18)20-9-10-21(16-11-13-25-14-12-16)26-22(20)17-3-7-19(24)8-4-17/h1-14H. The molecule has 0 fully saturated rings. The Hall–Kier alpha value is -1.80. The van der Waals surface area contributed by atoms with Crippen LogP contribution in [0.1, 0.15) is 0 Å². The minimum absolute atomic E-state index is 0.954. The molecule has 0 bridgehead atoms. The third kappa shape index (κ3) is 3.81. The van der Waals surface area contributed by atoms with Crippen molar-refractivity contribution in [2.24, 2.45) is 0 Å². The van der Waals surface area contributed by atoms with Crippen LogP contribution in [-0.4, -0.2) is 9.97 Å². The summed E-state index contributed by atoms with van der Waals surface area (Å²) < 4.78 is 2.44. The average molecular weight is 560 g/mol. The Morgan fingerprint density at radius 2 is 1.12 bits per heavy atom. The van der Waals surface area contributed by atoms with E-state index in [1.807, 2.05) is 12.1 Å². The Labute approximate surface area is 180 Å². The summed E-state index contributed by atoms with van der Waals surface area (Å²) in [5, 5.41) is 0. The van der Waals surface area contributed by atoms with Crippen molar-refractivity contribution in [1.29, 1.82) is 0 Å². The number of hydrogen-bond donors (Lipinski definition) is 0. The van der Waals surface area contributed by atoms with Crippen LogP contribution in [0.3, 0.4) is 0 Å². The van der Waals surface area contributed by atoms with Crippen LogP contribution >= 0.6 is 45.2 Å². The van der Waals surface area contributed by atoms with Gasteiger partial charge >= 0.3 is 0 Å². The van der Waals surface area contributed by atoms with Crippen LogP contribution in [0.15, 0.2) is 85.2 Å². The zero-order valence-corrected chi connectivity index (χ0v) is 18.0. The van der Waals surface area contributed by atoms with Crippen LogP contribution in [0.4, 0.5) is 0 Å². The van der Waals surface area contributed by atoms with E-state index in [9.17, 15) is 0 Å². The summed E-state index contributed by atoms with van der Waals surface area (Å²) in [6.45, 7) is 0. The van der Waals surface area contributed by atoms with Crippen LogP contribution in [-0.2, 0) is 0 Å². The lowest BCUT2D eigenvalue weighted by Gasteiger charge is -2.12. The molecule has 0 aliphatic heterocycles. The van der Waals surface area contributed by atoms with Gasteiger partial charge in [0.2, 0.25) is 0 Å². The monoisotopic (exact) mass is 560 g/mol. The second-order valence-corrected chi connectivity index (χ2v) is 8.33. The summed E-state index contributed by atoms with van der Waals surface area (Å²) >= 11 is 4.66. The molecule has 2 heterocycles. The van der Waals surface area contributed by atoms with Gasteiger partial charge in [-0.1, -0.05) is 30.3 Å². The van der Waals surface area contributed by atoms with Crippen molar-refractivity contribution in [1.82, 2.24) is 9.97 Å². The van der Waals surface area contributed by atoms with Crippen molar-refractivity contribution in [2.45, 2.75) is 0 Å². The zero-order chi connectivity index (χ0) is 17.9. The summed E-state index contributed by atoms with van der Waals surface area (Å²) in [6, 6.07) is 25.3. The predicted molar refractivity (Wildman–Crippen MR) is 124 cm³/mol. The first-order valence-electron chi connectivity index (χ1n) is 8.14. The number of rotatable bonds is 3. The first kappa shape index (κ1) is 17.6. The molecule has 0 spiro atoms.